The van der Waals surface area contributed by atoms with E-state index in [1.807, 2.05) is 7.05 Å². The molecule has 0 saturated carbocycles. The van der Waals surface area contributed by atoms with E-state index in [1.165, 1.54) is 0 Å². The molecule has 0 bridgehead atoms. The van der Waals surface area contributed by atoms with Gasteiger partial charge in [-0.05, 0) is 4.98 Å². The number of hydrogen-bond acceptors (Lipinski definition) is 1. The number of aryl methyl sites for hydroxylation is 1. The lowest BCUT2D eigenvalue weighted by Crippen LogP contribution is -3.00. The Hall–Kier alpha value is -0.130. The summed E-state index contributed by atoms with van der Waals surface area (Å²) in [7, 11) is 1.88. The van der Waals surface area contributed by atoms with Gasteiger partial charge in [0.05, 0.1) is 0 Å². The zero-order chi connectivity index (χ0) is 4.41. The molecule has 0 radical (unpaired) electrons. The average Bonchev–Trinajstić information content (AvgIpc) is 1.86. The van der Waals surface area contributed by atoms with Crippen LogP contribution in [0.3, 0.4) is 0 Å². The molecule has 1 aromatic rings. The third-order valence-electron chi connectivity index (χ3n) is 0.576. The minimum absolute atomic E-state index is 0. The topological polar surface area (TPSA) is 32.6 Å². The van der Waals surface area contributed by atoms with Gasteiger partial charge in [0, 0.05) is 0 Å². The minimum atomic E-state index is 0. The highest BCUT2D eigenvalue weighted by Crippen LogP contribution is 1.50. The second-order valence-electron chi connectivity index (χ2n) is 1.13. The van der Waals surface area contributed by atoms with Crippen LogP contribution < -0.4 is 28.7 Å². The SMILES string of the molecule is C[n+]1cnc[nH]1.[I-]. The fourth-order valence-corrected chi connectivity index (χ4v) is 0.291. The molecule has 0 atom stereocenters. The summed E-state index contributed by atoms with van der Waals surface area (Å²) in [6.45, 7) is 0. The molecule has 7 heavy (non-hydrogen) atoms. The number of H-pyrrole nitrogens is 1. The lowest BCUT2D eigenvalue weighted by atomic mass is 11.2. The van der Waals surface area contributed by atoms with E-state index in [1.54, 1.807) is 17.3 Å². The first kappa shape index (κ1) is 6.87. The molecule has 1 rings (SSSR count). The summed E-state index contributed by atoms with van der Waals surface area (Å²) in [4.78, 5) is 3.73. The van der Waals surface area contributed by atoms with Gasteiger partial charge in [-0.2, -0.15) is 9.78 Å². The third-order valence-corrected chi connectivity index (χ3v) is 0.576. The zero-order valence-corrected chi connectivity index (χ0v) is 6.08. The summed E-state index contributed by atoms with van der Waals surface area (Å²) in [6.07, 6.45) is 3.32. The van der Waals surface area contributed by atoms with Crippen LogP contribution in [-0.4, -0.2) is 10.1 Å². The van der Waals surface area contributed by atoms with E-state index in [-0.39, 0.29) is 24.0 Å². The Kier molecular flexibility index (Phi) is 2.89. The number of nitrogens with one attached hydrogen (secondary N) is 1. The molecule has 0 aliphatic heterocycles. The van der Waals surface area contributed by atoms with E-state index >= 15 is 0 Å². The van der Waals surface area contributed by atoms with Crippen molar-refractivity contribution >= 4 is 0 Å². The van der Waals surface area contributed by atoms with E-state index in [9.17, 15) is 0 Å². The van der Waals surface area contributed by atoms with Gasteiger partial charge in [0.1, 0.15) is 7.05 Å². The Morgan fingerprint density at radius 2 is 2.43 bits per heavy atom. The average molecular weight is 211 g/mol. The summed E-state index contributed by atoms with van der Waals surface area (Å²) in [6, 6.07) is 0. The molecule has 0 saturated heterocycles. The van der Waals surface area contributed by atoms with Crippen LogP contribution in [0.25, 0.3) is 0 Å². The fourth-order valence-electron chi connectivity index (χ4n) is 0.291. The number of aromatic amines is 1. The molecule has 0 fully saturated rings. The minimum Gasteiger partial charge on any atom is -1.00 e. The number of hydrogen-bond donors (Lipinski definition) is 1. The van der Waals surface area contributed by atoms with E-state index in [4.69, 9.17) is 0 Å². The monoisotopic (exact) mass is 211 g/mol. The van der Waals surface area contributed by atoms with Gasteiger partial charge in [-0.3, -0.25) is 0 Å². The van der Waals surface area contributed by atoms with Crippen LogP contribution in [0.5, 0.6) is 0 Å². The molecule has 4 heteroatoms. The Morgan fingerprint density at radius 1 is 1.71 bits per heavy atom. The molecule has 1 N–H and O–H groups in total. The van der Waals surface area contributed by atoms with Crippen LogP contribution in [-0.2, 0) is 7.05 Å². The van der Waals surface area contributed by atoms with E-state index in [0.717, 1.165) is 0 Å². The van der Waals surface area contributed by atoms with Gasteiger partial charge in [-0.1, -0.05) is 0 Å². The number of halogens is 1. The van der Waals surface area contributed by atoms with E-state index in [2.05, 4.69) is 10.1 Å². The van der Waals surface area contributed by atoms with E-state index in [0.29, 0.717) is 0 Å². The summed E-state index contributed by atoms with van der Waals surface area (Å²) in [5, 5.41) is 2.81. The van der Waals surface area contributed by atoms with Crippen molar-refractivity contribution in [2.75, 3.05) is 0 Å². The van der Waals surface area contributed by atoms with Gasteiger partial charge in [0.15, 0.2) is 0 Å². The maximum Gasteiger partial charge on any atom is 0.306 e. The van der Waals surface area contributed by atoms with Crippen LogP contribution in [0.1, 0.15) is 0 Å². The van der Waals surface area contributed by atoms with Crippen molar-refractivity contribution in [3.8, 4) is 0 Å². The quantitative estimate of drug-likeness (QED) is 0.347. The van der Waals surface area contributed by atoms with Crippen molar-refractivity contribution in [2.24, 2.45) is 7.05 Å². The van der Waals surface area contributed by atoms with Crippen LogP contribution >= 0.6 is 0 Å². The Balaban J connectivity index is 0.000000360. The normalized spacial score (nSPS) is 7.57. The van der Waals surface area contributed by atoms with Gasteiger partial charge in [-0.15, -0.1) is 0 Å². The first-order valence-corrected chi connectivity index (χ1v) is 1.73. The molecule has 1 heterocycles. The van der Waals surface area contributed by atoms with Crippen LogP contribution in [0.4, 0.5) is 0 Å². The standard InChI is InChI=1S/C3H5N3.HI/c1-6-3-4-2-5-6;/h2-3H,1H3;1H. The van der Waals surface area contributed by atoms with Crippen molar-refractivity contribution < 1.29 is 28.7 Å². The number of rotatable bonds is 0. The molecule has 0 unspecified atom stereocenters. The predicted molar refractivity (Wildman–Crippen MR) is 19.8 cm³/mol. The van der Waals surface area contributed by atoms with Gasteiger partial charge in [0.2, 0.25) is 6.33 Å². The highest BCUT2D eigenvalue weighted by atomic mass is 127. The largest absolute Gasteiger partial charge is 1.00 e. The van der Waals surface area contributed by atoms with Crippen LogP contribution in [0.15, 0.2) is 12.7 Å². The Labute approximate surface area is 58.8 Å². The number of nitrogens with zero attached hydrogens (tertiary/aromatic N) is 2. The van der Waals surface area contributed by atoms with Crippen molar-refractivity contribution in [3.05, 3.63) is 12.7 Å². The van der Waals surface area contributed by atoms with Gasteiger partial charge >= 0.3 is 6.33 Å². The van der Waals surface area contributed by atoms with E-state index < -0.39 is 0 Å². The highest BCUT2D eigenvalue weighted by molar-refractivity contribution is 4.33. The first-order chi connectivity index (χ1) is 2.89. The summed E-state index contributed by atoms with van der Waals surface area (Å²) < 4.78 is 1.76. The van der Waals surface area contributed by atoms with Crippen LogP contribution in [0.2, 0.25) is 0 Å². The van der Waals surface area contributed by atoms with Crippen LogP contribution in [0, 0.1) is 0 Å². The molecular weight excluding hydrogens is 205 g/mol. The first-order valence-electron chi connectivity index (χ1n) is 1.73. The van der Waals surface area contributed by atoms with Crippen molar-refractivity contribution in [1.29, 1.82) is 0 Å². The molecule has 0 aliphatic rings. The smallest absolute Gasteiger partial charge is 0.306 e. The third kappa shape index (κ3) is 1.86. The lowest BCUT2D eigenvalue weighted by Gasteiger charge is -1.67. The molecule has 0 aromatic carbocycles. The highest BCUT2D eigenvalue weighted by Gasteiger charge is 1.81. The Morgan fingerprint density at radius 3 is 2.57 bits per heavy atom. The molecule has 3 nitrogen and oxygen atoms in total. The van der Waals surface area contributed by atoms with Gasteiger partial charge in [-0.25, -0.2) is 0 Å². The molecule has 40 valence electrons. The predicted octanol–water partition coefficient (Wildman–Crippen LogP) is -3.76. The molecule has 0 amide bonds. The summed E-state index contributed by atoms with van der Waals surface area (Å²) in [5.41, 5.74) is 0. The zero-order valence-electron chi connectivity index (χ0n) is 3.93. The molecule has 0 spiro atoms. The molecule has 0 aliphatic carbocycles. The second-order valence-corrected chi connectivity index (χ2v) is 1.13. The van der Waals surface area contributed by atoms with Crippen molar-refractivity contribution in [2.45, 2.75) is 0 Å². The van der Waals surface area contributed by atoms with Crippen molar-refractivity contribution in [1.82, 2.24) is 10.1 Å². The Bertz CT molecular complexity index is 114. The van der Waals surface area contributed by atoms with Crippen molar-refractivity contribution in [3.63, 3.8) is 0 Å². The number of aromatic nitrogens is 3. The molecular formula is C3H6IN3. The summed E-state index contributed by atoms with van der Waals surface area (Å²) >= 11 is 0. The van der Waals surface area contributed by atoms with Gasteiger partial charge < -0.3 is 24.0 Å². The second kappa shape index (κ2) is 2.95. The maximum absolute atomic E-state index is 3.73. The maximum atomic E-state index is 3.73. The fraction of sp³-hybridized carbons (Fsp3) is 0.333. The molecule has 1 aromatic heterocycles. The van der Waals surface area contributed by atoms with Gasteiger partial charge in [0.25, 0.3) is 0 Å². The lowest BCUT2D eigenvalue weighted by molar-refractivity contribution is -0.728. The summed E-state index contributed by atoms with van der Waals surface area (Å²) in [5.74, 6) is 0.